The summed E-state index contributed by atoms with van der Waals surface area (Å²) in [5.41, 5.74) is 5.87. The van der Waals surface area contributed by atoms with Crippen LogP contribution in [0.2, 0.25) is 0 Å². The molecule has 0 spiro atoms. The monoisotopic (exact) mass is 374 g/mol. The van der Waals surface area contributed by atoms with Crippen LogP contribution < -0.4 is 10.9 Å². The number of amides is 4. The number of nitrogens with zero attached hydrogens (tertiary/aromatic N) is 2. The van der Waals surface area contributed by atoms with Crippen molar-refractivity contribution in [3.63, 3.8) is 0 Å². The second kappa shape index (κ2) is 8.39. The van der Waals surface area contributed by atoms with Gasteiger partial charge in [-0.2, -0.15) is 5.06 Å². The lowest BCUT2D eigenvalue weighted by Crippen LogP contribution is -2.54. The zero-order chi connectivity index (χ0) is 19.4. The highest BCUT2D eigenvalue weighted by Gasteiger charge is 2.48. The SMILES string of the molecule is CCC(C)C(=O)NNC(=O)[C@@H]1CC[C@@H]2CN1C(=O)N2OCc1ccccc1. The van der Waals surface area contributed by atoms with Gasteiger partial charge in [0.1, 0.15) is 12.6 Å². The summed E-state index contributed by atoms with van der Waals surface area (Å²) in [6, 6.07) is 8.66. The van der Waals surface area contributed by atoms with Crippen LogP contribution in [0.3, 0.4) is 0 Å². The zero-order valence-electron chi connectivity index (χ0n) is 15.7. The van der Waals surface area contributed by atoms with E-state index in [2.05, 4.69) is 10.9 Å². The molecule has 2 N–H and O–H groups in total. The number of carbonyl (C=O) groups is 3. The van der Waals surface area contributed by atoms with Crippen molar-refractivity contribution in [1.82, 2.24) is 20.8 Å². The molecule has 4 amide bonds. The van der Waals surface area contributed by atoms with Gasteiger partial charge in [0.2, 0.25) is 5.91 Å². The van der Waals surface area contributed by atoms with Gasteiger partial charge < -0.3 is 4.90 Å². The molecule has 0 saturated carbocycles. The van der Waals surface area contributed by atoms with Gasteiger partial charge in [-0.05, 0) is 24.8 Å². The second-order valence-corrected chi connectivity index (χ2v) is 7.05. The summed E-state index contributed by atoms with van der Waals surface area (Å²) >= 11 is 0. The molecule has 146 valence electrons. The van der Waals surface area contributed by atoms with Crippen molar-refractivity contribution in [2.75, 3.05) is 6.54 Å². The van der Waals surface area contributed by atoms with E-state index in [4.69, 9.17) is 4.84 Å². The maximum atomic E-state index is 12.7. The van der Waals surface area contributed by atoms with Crippen molar-refractivity contribution in [3.8, 4) is 0 Å². The Kier molecular flexibility index (Phi) is 5.95. The molecule has 2 fully saturated rings. The first-order valence-corrected chi connectivity index (χ1v) is 9.37. The number of fused-ring (bicyclic) bond motifs is 2. The van der Waals surface area contributed by atoms with Crippen molar-refractivity contribution in [2.24, 2.45) is 5.92 Å². The summed E-state index contributed by atoms with van der Waals surface area (Å²) in [7, 11) is 0. The molecule has 0 radical (unpaired) electrons. The van der Waals surface area contributed by atoms with E-state index in [1.807, 2.05) is 37.3 Å². The Hall–Kier alpha value is -2.61. The number of hydrogen-bond acceptors (Lipinski definition) is 4. The molecule has 1 aromatic rings. The van der Waals surface area contributed by atoms with E-state index in [0.717, 1.165) is 5.56 Å². The smallest absolute Gasteiger partial charge is 0.309 e. The van der Waals surface area contributed by atoms with Crippen LogP contribution in [0.15, 0.2) is 30.3 Å². The normalized spacial score (nSPS) is 22.5. The largest absolute Gasteiger partial charge is 0.345 e. The molecular formula is C19H26N4O4. The summed E-state index contributed by atoms with van der Waals surface area (Å²) in [4.78, 5) is 44.2. The number of rotatable bonds is 6. The van der Waals surface area contributed by atoms with Crippen molar-refractivity contribution in [2.45, 2.75) is 51.8 Å². The Morgan fingerprint density at radius 3 is 2.67 bits per heavy atom. The summed E-state index contributed by atoms with van der Waals surface area (Å²) in [6.45, 7) is 4.45. The third kappa shape index (κ3) is 4.21. The molecule has 2 bridgehead atoms. The Balaban J connectivity index is 1.55. The third-order valence-electron chi connectivity index (χ3n) is 5.21. The fourth-order valence-electron chi connectivity index (χ4n) is 3.30. The molecule has 1 aromatic carbocycles. The first-order valence-electron chi connectivity index (χ1n) is 9.37. The minimum Gasteiger partial charge on any atom is -0.309 e. The lowest BCUT2D eigenvalue weighted by Gasteiger charge is -2.29. The average molecular weight is 374 g/mol. The van der Waals surface area contributed by atoms with Gasteiger partial charge in [-0.1, -0.05) is 44.2 Å². The van der Waals surface area contributed by atoms with E-state index in [9.17, 15) is 14.4 Å². The van der Waals surface area contributed by atoms with Crippen LogP contribution in [0.5, 0.6) is 0 Å². The van der Waals surface area contributed by atoms with Crippen LogP contribution in [-0.4, -0.2) is 46.4 Å². The summed E-state index contributed by atoms with van der Waals surface area (Å²) in [6.07, 6.45) is 1.90. The van der Waals surface area contributed by atoms with Crippen molar-refractivity contribution in [3.05, 3.63) is 35.9 Å². The second-order valence-electron chi connectivity index (χ2n) is 7.05. The molecule has 8 heteroatoms. The fraction of sp³-hybridized carbons (Fsp3) is 0.526. The van der Waals surface area contributed by atoms with Gasteiger partial charge >= 0.3 is 6.03 Å². The highest BCUT2D eigenvalue weighted by molar-refractivity contribution is 5.90. The van der Waals surface area contributed by atoms with Crippen LogP contribution in [0.25, 0.3) is 0 Å². The third-order valence-corrected chi connectivity index (χ3v) is 5.21. The van der Waals surface area contributed by atoms with E-state index in [0.29, 0.717) is 32.4 Å². The maximum absolute atomic E-state index is 12.7. The maximum Gasteiger partial charge on any atom is 0.345 e. The Morgan fingerprint density at radius 1 is 1.22 bits per heavy atom. The number of hydrogen-bond donors (Lipinski definition) is 2. The molecule has 2 saturated heterocycles. The van der Waals surface area contributed by atoms with E-state index in [-0.39, 0.29) is 29.8 Å². The van der Waals surface area contributed by atoms with Crippen molar-refractivity contribution in [1.29, 1.82) is 0 Å². The average Bonchev–Trinajstić information content (AvgIpc) is 2.94. The quantitative estimate of drug-likeness (QED) is 0.740. The summed E-state index contributed by atoms with van der Waals surface area (Å²) in [5.74, 6) is -0.792. The summed E-state index contributed by atoms with van der Waals surface area (Å²) in [5, 5.41) is 1.39. The predicted octanol–water partition coefficient (Wildman–Crippen LogP) is 1.58. The highest BCUT2D eigenvalue weighted by Crippen LogP contribution is 2.30. The summed E-state index contributed by atoms with van der Waals surface area (Å²) < 4.78 is 0. The van der Waals surface area contributed by atoms with Crippen molar-refractivity contribution >= 4 is 17.8 Å². The fourth-order valence-corrected chi connectivity index (χ4v) is 3.30. The molecular weight excluding hydrogens is 348 g/mol. The molecule has 3 atom stereocenters. The van der Waals surface area contributed by atoms with Crippen LogP contribution in [0.4, 0.5) is 4.79 Å². The lowest BCUT2D eigenvalue weighted by atomic mass is 10.0. The van der Waals surface area contributed by atoms with Gasteiger partial charge in [0.15, 0.2) is 0 Å². The first-order chi connectivity index (χ1) is 13.0. The Bertz CT molecular complexity index is 696. The molecule has 1 unspecified atom stereocenters. The van der Waals surface area contributed by atoms with Crippen LogP contribution >= 0.6 is 0 Å². The minimum atomic E-state index is -0.601. The van der Waals surface area contributed by atoms with Gasteiger partial charge in [0, 0.05) is 12.5 Å². The first kappa shape index (κ1) is 19.2. The van der Waals surface area contributed by atoms with Crippen LogP contribution in [0.1, 0.15) is 38.7 Å². The van der Waals surface area contributed by atoms with E-state index in [1.165, 1.54) is 9.96 Å². The number of hydroxylamine groups is 2. The number of benzene rings is 1. The van der Waals surface area contributed by atoms with Gasteiger partial charge in [0.25, 0.3) is 5.91 Å². The van der Waals surface area contributed by atoms with E-state index >= 15 is 0 Å². The number of nitrogens with one attached hydrogen (secondary N) is 2. The predicted molar refractivity (Wildman–Crippen MR) is 97.7 cm³/mol. The molecule has 2 aliphatic heterocycles. The van der Waals surface area contributed by atoms with Gasteiger partial charge in [-0.3, -0.25) is 25.3 Å². The topological polar surface area (TPSA) is 91.0 Å². The molecule has 27 heavy (non-hydrogen) atoms. The Labute approximate surface area is 158 Å². The van der Waals surface area contributed by atoms with Crippen LogP contribution in [0, 0.1) is 5.92 Å². The number of hydrazine groups is 1. The highest BCUT2D eigenvalue weighted by atomic mass is 16.7. The molecule has 0 aliphatic carbocycles. The molecule has 2 heterocycles. The Morgan fingerprint density at radius 2 is 1.96 bits per heavy atom. The molecule has 2 aliphatic rings. The van der Waals surface area contributed by atoms with Crippen LogP contribution in [-0.2, 0) is 21.0 Å². The standard InChI is InChI=1S/C19H26N4O4/c1-3-13(2)17(24)20-21-18(25)16-10-9-15-11-22(16)19(26)23(15)27-12-14-7-5-4-6-8-14/h4-8,13,15-16H,3,9-12H2,1-2H3,(H,20,24)(H,21,25)/t13?,15-,16+/m1/s1. The van der Waals surface area contributed by atoms with Gasteiger partial charge in [-0.15, -0.1) is 0 Å². The molecule has 8 nitrogen and oxygen atoms in total. The number of piperidine rings is 1. The minimum absolute atomic E-state index is 0.0556. The van der Waals surface area contributed by atoms with Gasteiger partial charge in [-0.25, -0.2) is 4.79 Å². The van der Waals surface area contributed by atoms with E-state index < -0.39 is 6.04 Å². The van der Waals surface area contributed by atoms with Crippen molar-refractivity contribution < 1.29 is 19.2 Å². The lowest BCUT2D eigenvalue weighted by molar-refractivity contribution is -0.140. The number of carbonyl (C=O) groups excluding carboxylic acids is 3. The molecule has 3 rings (SSSR count). The molecule has 0 aromatic heterocycles. The zero-order valence-corrected chi connectivity index (χ0v) is 15.7. The van der Waals surface area contributed by atoms with Gasteiger partial charge in [0.05, 0.1) is 6.04 Å². The number of urea groups is 1. The van der Waals surface area contributed by atoms with E-state index in [1.54, 1.807) is 6.92 Å².